The van der Waals surface area contributed by atoms with E-state index >= 15 is 0 Å². The van der Waals surface area contributed by atoms with E-state index < -0.39 is 5.82 Å². The van der Waals surface area contributed by atoms with Crippen molar-refractivity contribution in [2.24, 2.45) is 0 Å². The van der Waals surface area contributed by atoms with Gasteiger partial charge in [-0.1, -0.05) is 54.6 Å². The zero-order chi connectivity index (χ0) is 24.6. The molecule has 0 fully saturated rings. The molecule has 1 aliphatic rings. The molecule has 3 aromatic carbocycles. The number of fused-ring (bicyclic) bond motifs is 1. The highest BCUT2D eigenvalue weighted by Gasteiger charge is 2.29. The summed E-state index contributed by atoms with van der Waals surface area (Å²) in [4.78, 5) is 30.4. The molecule has 3 aromatic rings. The lowest BCUT2D eigenvalue weighted by atomic mass is 10.0. The van der Waals surface area contributed by atoms with Crippen LogP contribution >= 0.6 is 0 Å². The minimum absolute atomic E-state index is 0.0532. The number of ether oxygens (including phenoxy) is 1. The van der Waals surface area contributed by atoms with Crippen molar-refractivity contribution in [2.45, 2.75) is 32.2 Å². The molecule has 0 radical (unpaired) electrons. The topological polar surface area (TPSA) is 49.9 Å². The van der Waals surface area contributed by atoms with Crippen LogP contribution in [0, 0.1) is 5.82 Å². The second-order valence-corrected chi connectivity index (χ2v) is 8.72. The fraction of sp³-hybridized carbons (Fsp3) is 0.310. The summed E-state index contributed by atoms with van der Waals surface area (Å²) in [7, 11) is 0. The molecule has 6 heteroatoms. The first-order valence-electron chi connectivity index (χ1n) is 12.2. The molecule has 0 unspecified atom stereocenters. The molecule has 1 heterocycles. The third-order valence-electron chi connectivity index (χ3n) is 6.41. The molecule has 5 nitrogen and oxygen atoms in total. The summed E-state index contributed by atoms with van der Waals surface area (Å²) in [6, 6.07) is 22.9. The number of carbonyl (C=O) groups is 2. The number of hydrogen-bond donors (Lipinski definition) is 0. The molecular formula is C29H31FN2O3. The van der Waals surface area contributed by atoms with Gasteiger partial charge in [0.05, 0.1) is 17.2 Å². The number of hydrogen-bond acceptors (Lipinski definition) is 3. The van der Waals surface area contributed by atoms with Crippen molar-refractivity contribution in [1.29, 1.82) is 0 Å². The number of halogens is 1. The summed E-state index contributed by atoms with van der Waals surface area (Å²) in [6.45, 7) is 3.75. The van der Waals surface area contributed by atoms with E-state index in [0.29, 0.717) is 43.8 Å². The average molecular weight is 475 g/mol. The molecule has 0 spiro atoms. The number of amides is 2. The highest BCUT2D eigenvalue weighted by Crippen LogP contribution is 2.24. The number of para-hydroxylation sites is 1. The van der Waals surface area contributed by atoms with Crippen LogP contribution in [0.5, 0.6) is 5.75 Å². The standard InChI is InChI=1S/C29H31FN2O3/c1-2-31-18-10-11-19-32(29(34)24-14-6-8-16-26(24)30)23(20-22-12-4-3-5-13-22)21-35-27-17-9-7-15-25(27)28(31)33/h3-9,12-17,23H,2,10-11,18-21H2,1H3/t23-/m0/s1. The smallest absolute Gasteiger partial charge is 0.257 e. The third-order valence-corrected chi connectivity index (χ3v) is 6.41. The fourth-order valence-electron chi connectivity index (χ4n) is 4.50. The van der Waals surface area contributed by atoms with E-state index in [1.807, 2.05) is 49.4 Å². The van der Waals surface area contributed by atoms with Gasteiger partial charge >= 0.3 is 0 Å². The molecule has 0 bridgehead atoms. The maximum absolute atomic E-state index is 14.6. The van der Waals surface area contributed by atoms with Gasteiger partial charge in [0.25, 0.3) is 11.8 Å². The van der Waals surface area contributed by atoms with Gasteiger partial charge in [0.2, 0.25) is 0 Å². The van der Waals surface area contributed by atoms with Crippen molar-refractivity contribution in [3.05, 3.63) is 101 Å². The minimum Gasteiger partial charge on any atom is -0.491 e. The van der Waals surface area contributed by atoms with E-state index in [0.717, 1.165) is 12.0 Å². The number of benzene rings is 3. The Hall–Kier alpha value is -3.67. The zero-order valence-electron chi connectivity index (χ0n) is 20.0. The molecule has 0 saturated heterocycles. The Morgan fingerprint density at radius 3 is 2.40 bits per heavy atom. The van der Waals surface area contributed by atoms with Gasteiger partial charge in [-0.05, 0) is 56.0 Å². The van der Waals surface area contributed by atoms with Crippen LogP contribution in [-0.4, -0.2) is 53.9 Å². The van der Waals surface area contributed by atoms with Crippen LogP contribution < -0.4 is 4.74 Å². The normalized spacial score (nSPS) is 17.1. The summed E-state index contributed by atoms with van der Waals surface area (Å²) >= 11 is 0. The molecule has 1 aliphatic heterocycles. The second-order valence-electron chi connectivity index (χ2n) is 8.72. The zero-order valence-corrected chi connectivity index (χ0v) is 20.0. The number of rotatable bonds is 4. The molecule has 0 saturated carbocycles. The van der Waals surface area contributed by atoms with Crippen molar-refractivity contribution in [2.75, 3.05) is 26.2 Å². The monoisotopic (exact) mass is 474 g/mol. The third kappa shape index (κ3) is 5.88. The van der Waals surface area contributed by atoms with Gasteiger partial charge in [0, 0.05) is 19.6 Å². The van der Waals surface area contributed by atoms with Crippen LogP contribution in [0.1, 0.15) is 46.0 Å². The Kier molecular flexibility index (Phi) is 8.14. The van der Waals surface area contributed by atoms with Crippen molar-refractivity contribution in [1.82, 2.24) is 9.80 Å². The fourth-order valence-corrected chi connectivity index (χ4v) is 4.50. The SMILES string of the molecule is CCN1CCCCN(C(=O)c2ccccc2F)[C@@H](Cc2ccccc2)COc2ccccc2C1=O. The Balaban J connectivity index is 1.71. The van der Waals surface area contributed by atoms with E-state index in [1.54, 1.807) is 34.1 Å². The van der Waals surface area contributed by atoms with E-state index in [9.17, 15) is 14.0 Å². The predicted octanol–water partition coefficient (Wildman–Crippen LogP) is 5.21. The quantitative estimate of drug-likeness (QED) is 0.521. The van der Waals surface area contributed by atoms with Gasteiger partial charge in [-0.2, -0.15) is 0 Å². The molecule has 0 aromatic heterocycles. The Bertz CT molecular complexity index is 1150. The van der Waals surface area contributed by atoms with Crippen molar-refractivity contribution in [3.8, 4) is 5.75 Å². The van der Waals surface area contributed by atoms with Gasteiger partial charge in [-0.25, -0.2) is 4.39 Å². The number of carbonyl (C=O) groups excluding carboxylic acids is 2. The molecule has 2 amide bonds. The Labute approximate surface area is 206 Å². The molecule has 4 rings (SSSR count). The van der Waals surface area contributed by atoms with E-state index in [-0.39, 0.29) is 30.0 Å². The maximum atomic E-state index is 14.6. The lowest BCUT2D eigenvalue weighted by Gasteiger charge is -2.33. The van der Waals surface area contributed by atoms with E-state index in [2.05, 4.69) is 0 Å². The van der Waals surface area contributed by atoms with Gasteiger partial charge in [-0.15, -0.1) is 0 Å². The highest BCUT2D eigenvalue weighted by molar-refractivity contribution is 5.97. The van der Waals surface area contributed by atoms with E-state index in [1.165, 1.54) is 12.1 Å². The van der Waals surface area contributed by atoms with E-state index in [4.69, 9.17) is 4.74 Å². The van der Waals surface area contributed by atoms with Crippen LogP contribution in [0.3, 0.4) is 0 Å². The van der Waals surface area contributed by atoms with Crippen LogP contribution in [0.4, 0.5) is 4.39 Å². The average Bonchev–Trinajstić information content (AvgIpc) is 2.89. The number of nitrogens with zero attached hydrogens (tertiary/aromatic N) is 2. The molecule has 0 aliphatic carbocycles. The maximum Gasteiger partial charge on any atom is 0.257 e. The van der Waals surface area contributed by atoms with Crippen LogP contribution in [0.15, 0.2) is 78.9 Å². The Morgan fingerprint density at radius 1 is 0.943 bits per heavy atom. The molecule has 182 valence electrons. The van der Waals surface area contributed by atoms with Crippen molar-refractivity contribution < 1.29 is 18.7 Å². The van der Waals surface area contributed by atoms with Crippen molar-refractivity contribution in [3.63, 3.8) is 0 Å². The lowest BCUT2D eigenvalue weighted by Crippen LogP contribution is -2.46. The summed E-state index contributed by atoms with van der Waals surface area (Å²) in [5.74, 6) is -0.437. The van der Waals surface area contributed by atoms with Gasteiger partial charge < -0.3 is 14.5 Å². The van der Waals surface area contributed by atoms with Crippen LogP contribution in [-0.2, 0) is 6.42 Å². The van der Waals surface area contributed by atoms with Crippen LogP contribution in [0.2, 0.25) is 0 Å². The molecular weight excluding hydrogens is 443 g/mol. The predicted molar refractivity (Wildman–Crippen MR) is 134 cm³/mol. The molecule has 35 heavy (non-hydrogen) atoms. The van der Waals surface area contributed by atoms with Gasteiger partial charge in [0.15, 0.2) is 0 Å². The second kappa shape index (κ2) is 11.6. The lowest BCUT2D eigenvalue weighted by molar-refractivity contribution is 0.0582. The summed E-state index contributed by atoms with van der Waals surface area (Å²) < 4.78 is 20.8. The highest BCUT2D eigenvalue weighted by atomic mass is 19.1. The van der Waals surface area contributed by atoms with Crippen molar-refractivity contribution >= 4 is 11.8 Å². The largest absolute Gasteiger partial charge is 0.491 e. The minimum atomic E-state index is -0.531. The van der Waals surface area contributed by atoms with Gasteiger partial charge in [-0.3, -0.25) is 9.59 Å². The van der Waals surface area contributed by atoms with Crippen LogP contribution in [0.25, 0.3) is 0 Å². The summed E-state index contributed by atoms with van der Waals surface area (Å²) in [5, 5.41) is 0. The van der Waals surface area contributed by atoms with Gasteiger partial charge in [0.1, 0.15) is 18.2 Å². The first-order chi connectivity index (χ1) is 17.1. The summed E-state index contributed by atoms with van der Waals surface area (Å²) in [6.07, 6.45) is 1.98. The molecule has 1 atom stereocenters. The first kappa shape index (κ1) is 24.5. The summed E-state index contributed by atoms with van der Waals surface area (Å²) in [5.41, 5.74) is 1.63. The molecule has 0 N–H and O–H groups in total. The Morgan fingerprint density at radius 2 is 1.63 bits per heavy atom. The first-order valence-corrected chi connectivity index (χ1v) is 12.2.